The van der Waals surface area contributed by atoms with Crippen LogP contribution in [-0.4, -0.2) is 23.8 Å². The SMILES string of the molecule is COCCC(C)(O)c1ccc2cccnc2c1. The number of hydrogen-bond acceptors (Lipinski definition) is 3. The summed E-state index contributed by atoms with van der Waals surface area (Å²) in [6.07, 6.45) is 2.33. The summed E-state index contributed by atoms with van der Waals surface area (Å²) < 4.78 is 5.01. The highest BCUT2D eigenvalue weighted by atomic mass is 16.5. The molecule has 1 unspecified atom stereocenters. The molecule has 0 saturated carbocycles. The average molecular weight is 231 g/mol. The molecule has 1 heterocycles. The summed E-state index contributed by atoms with van der Waals surface area (Å²) in [7, 11) is 1.64. The molecule has 1 N–H and O–H groups in total. The Morgan fingerprint density at radius 2 is 2.18 bits per heavy atom. The van der Waals surface area contributed by atoms with Gasteiger partial charge in [0.15, 0.2) is 0 Å². The van der Waals surface area contributed by atoms with E-state index in [-0.39, 0.29) is 0 Å². The number of benzene rings is 1. The van der Waals surface area contributed by atoms with E-state index in [0.29, 0.717) is 13.0 Å². The van der Waals surface area contributed by atoms with Crippen LogP contribution < -0.4 is 0 Å². The standard InChI is InChI=1S/C14H17NO2/c1-14(16,7-9-17-2)12-6-5-11-4-3-8-15-13(11)10-12/h3-6,8,10,16H,7,9H2,1-2H3. The fourth-order valence-electron chi connectivity index (χ4n) is 1.85. The van der Waals surface area contributed by atoms with Gasteiger partial charge in [0.2, 0.25) is 0 Å². The number of aromatic nitrogens is 1. The van der Waals surface area contributed by atoms with E-state index in [1.54, 1.807) is 20.2 Å². The van der Waals surface area contributed by atoms with Crippen LogP contribution in [0.5, 0.6) is 0 Å². The van der Waals surface area contributed by atoms with Gasteiger partial charge in [0, 0.05) is 31.7 Å². The second-order valence-electron chi connectivity index (χ2n) is 4.43. The second kappa shape index (κ2) is 4.82. The predicted octanol–water partition coefficient (Wildman–Crippen LogP) is 2.48. The van der Waals surface area contributed by atoms with Crippen LogP contribution in [0.15, 0.2) is 36.5 Å². The van der Waals surface area contributed by atoms with Gasteiger partial charge in [-0.25, -0.2) is 0 Å². The number of methoxy groups -OCH3 is 1. The third-order valence-corrected chi connectivity index (χ3v) is 3.02. The van der Waals surface area contributed by atoms with E-state index in [1.807, 2.05) is 30.3 Å². The molecule has 0 radical (unpaired) electrons. The van der Waals surface area contributed by atoms with Gasteiger partial charge in [-0.1, -0.05) is 18.2 Å². The van der Waals surface area contributed by atoms with Crippen LogP contribution in [0.3, 0.4) is 0 Å². The van der Waals surface area contributed by atoms with Crippen LogP contribution in [0.1, 0.15) is 18.9 Å². The minimum absolute atomic E-state index is 0.535. The highest BCUT2D eigenvalue weighted by molar-refractivity contribution is 5.79. The molecular formula is C14H17NO2. The Balaban J connectivity index is 2.35. The smallest absolute Gasteiger partial charge is 0.0891 e. The zero-order valence-corrected chi connectivity index (χ0v) is 10.2. The van der Waals surface area contributed by atoms with Gasteiger partial charge in [0.05, 0.1) is 11.1 Å². The molecule has 1 aromatic heterocycles. The predicted molar refractivity (Wildman–Crippen MR) is 67.8 cm³/mol. The third-order valence-electron chi connectivity index (χ3n) is 3.02. The van der Waals surface area contributed by atoms with Crippen molar-refractivity contribution in [3.63, 3.8) is 0 Å². The zero-order valence-electron chi connectivity index (χ0n) is 10.2. The van der Waals surface area contributed by atoms with Crippen molar-refractivity contribution in [2.75, 3.05) is 13.7 Å². The summed E-state index contributed by atoms with van der Waals surface area (Å²) in [5, 5.41) is 11.5. The summed E-state index contributed by atoms with van der Waals surface area (Å²) in [6, 6.07) is 9.78. The van der Waals surface area contributed by atoms with Crippen molar-refractivity contribution in [1.82, 2.24) is 4.98 Å². The summed E-state index contributed by atoms with van der Waals surface area (Å²) in [4.78, 5) is 4.29. The van der Waals surface area contributed by atoms with Gasteiger partial charge in [-0.2, -0.15) is 0 Å². The monoisotopic (exact) mass is 231 g/mol. The number of aliphatic hydroxyl groups is 1. The van der Waals surface area contributed by atoms with Crippen molar-refractivity contribution in [3.05, 3.63) is 42.1 Å². The Morgan fingerprint density at radius 1 is 1.35 bits per heavy atom. The van der Waals surface area contributed by atoms with Crippen molar-refractivity contribution < 1.29 is 9.84 Å². The van der Waals surface area contributed by atoms with E-state index in [2.05, 4.69) is 4.98 Å². The van der Waals surface area contributed by atoms with Crippen molar-refractivity contribution in [2.45, 2.75) is 18.9 Å². The lowest BCUT2D eigenvalue weighted by Crippen LogP contribution is -2.23. The summed E-state index contributed by atoms with van der Waals surface area (Å²) in [5.74, 6) is 0. The lowest BCUT2D eigenvalue weighted by atomic mass is 9.92. The van der Waals surface area contributed by atoms with Crippen molar-refractivity contribution >= 4 is 10.9 Å². The van der Waals surface area contributed by atoms with E-state index in [9.17, 15) is 5.11 Å². The third kappa shape index (κ3) is 2.62. The maximum Gasteiger partial charge on any atom is 0.0891 e. The van der Waals surface area contributed by atoms with Crippen LogP contribution in [0.25, 0.3) is 10.9 Å². The highest BCUT2D eigenvalue weighted by Crippen LogP contribution is 2.26. The molecule has 3 nitrogen and oxygen atoms in total. The first kappa shape index (κ1) is 12.0. The molecule has 0 saturated heterocycles. The molecule has 2 rings (SSSR count). The van der Waals surface area contributed by atoms with E-state index >= 15 is 0 Å². The van der Waals surface area contributed by atoms with E-state index in [0.717, 1.165) is 16.5 Å². The summed E-state index contributed by atoms with van der Waals surface area (Å²) >= 11 is 0. The Kier molecular flexibility index (Phi) is 3.41. The molecule has 0 aliphatic heterocycles. The van der Waals surface area contributed by atoms with E-state index in [1.165, 1.54) is 0 Å². The molecule has 2 aromatic rings. The lowest BCUT2D eigenvalue weighted by molar-refractivity contribution is 0.0211. The number of hydrogen-bond donors (Lipinski definition) is 1. The van der Waals surface area contributed by atoms with Crippen LogP contribution >= 0.6 is 0 Å². The zero-order chi connectivity index (χ0) is 12.3. The van der Waals surface area contributed by atoms with Gasteiger partial charge in [-0.15, -0.1) is 0 Å². The van der Waals surface area contributed by atoms with Crippen molar-refractivity contribution in [3.8, 4) is 0 Å². The largest absolute Gasteiger partial charge is 0.385 e. The molecule has 17 heavy (non-hydrogen) atoms. The van der Waals surface area contributed by atoms with E-state index in [4.69, 9.17) is 4.74 Å². The summed E-state index contributed by atoms with van der Waals surface area (Å²) in [6.45, 7) is 2.34. The van der Waals surface area contributed by atoms with Gasteiger partial charge in [-0.05, 0) is 24.6 Å². The first-order valence-corrected chi connectivity index (χ1v) is 5.70. The molecule has 1 aromatic carbocycles. The van der Waals surface area contributed by atoms with E-state index < -0.39 is 5.60 Å². The molecule has 0 bridgehead atoms. The minimum Gasteiger partial charge on any atom is -0.385 e. The van der Waals surface area contributed by atoms with Crippen LogP contribution in [0.4, 0.5) is 0 Å². The number of pyridine rings is 1. The average Bonchev–Trinajstić information content (AvgIpc) is 2.36. The molecule has 0 aliphatic rings. The number of ether oxygens (including phenoxy) is 1. The molecule has 3 heteroatoms. The van der Waals surface area contributed by atoms with Gasteiger partial charge < -0.3 is 9.84 Å². The molecule has 90 valence electrons. The maximum absolute atomic E-state index is 10.4. The maximum atomic E-state index is 10.4. The van der Waals surface area contributed by atoms with Crippen molar-refractivity contribution in [1.29, 1.82) is 0 Å². The molecule has 1 atom stereocenters. The van der Waals surface area contributed by atoms with Crippen LogP contribution in [0, 0.1) is 0 Å². The second-order valence-corrected chi connectivity index (χ2v) is 4.43. The Morgan fingerprint density at radius 3 is 2.94 bits per heavy atom. The molecule has 0 amide bonds. The summed E-state index contributed by atoms with van der Waals surface area (Å²) in [5.41, 5.74) is 0.908. The quantitative estimate of drug-likeness (QED) is 0.879. The molecular weight excluding hydrogens is 214 g/mol. The van der Waals surface area contributed by atoms with Gasteiger partial charge in [-0.3, -0.25) is 4.98 Å². The number of fused-ring (bicyclic) bond motifs is 1. The molecule has 0 spiro atoms. The Bertz CT molecular complexity index is 508. The number of nitrogens with zero attached hydrogens (tertiary/aromatic N) is 1. The van der Waals surface area contributed by atoms with Crippen LogP contribution in [0.2, 0.25) is 0 Å². The minimum atomic E-state index is -0.873. The Hall–Kier alpha value is -1.45. The Labute approximate surface area is 101 Å². The normalized spacial score (nSPS) is 14.8. The highest BCUT2D eigenvalue weighted by Gasteiger charge is 2.22. The van der Waals surface area contributed by atoms with Gasteiger partial charge >= 0.3 is 0 Å². The fraction of sp³-hybridized carbons (Fsp3) is 0.357. The number of rotatable bonds is 4. The fourth-order valence-corrected chi connectivity index (χ4v) is 1.85. The first-order valence-electron chi connectivity index (χ1n) is 5.70. The van der Waals surface area contributed by atoms with Crippen LogP contribution in [-0.2, 0) is 10.3 Å². The van der Waals surface area contributed by atoms with Gasteiger partial charge in [0.1, 0.15) is 0 Å². The van der Waals surface area contributed by atoms with Gasteiger partial charge in [0.25, 0.3) is 0 Å². The molecule has 0 aliphatic carbocycles. The molecule has 0 fully saturated rings. The first-order chi connectivity index (χ1) is 8.13. The topological polar surface area (TPSA) is 42.4 Å². The van der Waals surface area contributed by atoms with Crippen molar-refractivity contribution in [2.24, 2.45) is 0 Å². The lowest BCUT2D eigenvalue weighted by Gasteiger charge is -2.23.